The molecule has 0 unspecified atom stereocenters. The molecule has 3 aliphatic rings. The van der Waals surface area contributed by atoms with Crippen molar-refractivity contribution in [3.63, 3.8) is 0 Å². The quantitative estimate of drug-likeness (QED) is 0.674. The van der Waals surface area contributed by atoms with E-state index in [9.17, 15) is 9.59 Å². The van der Waals surface area contributed by atoms with Gasteiger partial charge in [-0.1, -0.05) is 38.5 Å². The van der Waals surface area contributed by atoms with Crippen LogP contribution in [-0.2, 0) is 9.59 Å². The fourth-order valence-corrected chi connectivity index (χ4v) is 6.18. The number of Topliss-reactive ketones (excluding diaryl/α,β-unsaturated/α-hetero) is 1. The van der Waals surface area contributed by atoms with Gasteiger partial charge >= 0.3 is 0 Å². The van der Waals surface area contributed by atoms with Gasteiger partial charge in [-0.15, -0.1) is 23.5 Å². The molecule has 2 fully saturated rings. The average Bonchev–Trinajstić information content (AvgIpc) is 2.54. The van der Waals surface area contributed by atoms with Crippen LogP contribution in [0.1, 0.15) is 64.2 Å². The molecule has 0 amide bonds. The Morgan fingerprint density at radius 1 is 0.682 bits per heavy atom. The first-order chi connectivity index (χ1) is 10.7. The lowest BCUT2D eigenvalue weighted by Crippen LogP contribution is -2.17. The van der Waals surface area contributed by atoms with Crippen LogP contribution in [0.25, 0.3) is 0 Å². The van der Waals surface area contributed by atoms with Gasteiger partial charge in [0, 0.05) is 22.7 Å². The molecule has 120 valence electrons. The second-order valence-corrected chi connectivity index (χ2v) is 9.19. The van der Waals surface area contributed by atoms with Crippen molar-refractivity contribution in [3.8, 4) is 0 Å². The summed E-state index contributed by atoms with van der Waals surface area (Å²) in [6.07, 6.45) is 15.5. The SMILES string of the molecule is O=C1C=C(SC2CCCCC2)C(=O)C(SC2CCCCC2)=C1. The number of hydrogen-bond acceptors (Lipinski definition) is 4. The lowest BCUT2D eigenvalue weighted by Gasteiger charge is -2.25. The van der Waals surface area contributed by atoms with E-state index in [-0.39, 0.29) is 11.6 Å². The van der Waals surface area contributed by atoms with E-state index in [4.69, 9.17) is 0 Å². The smallest absolute Gasteiger partial charge is 0.205 e. The molecule has 3 aliphatic carbocycles. The van der Waals surface area contributed by atoms with Crippen LogP contribution in [0.3, 0.4) is 0 Å². The first-order valence-corrected chi connectivity index (χ1v) is 10.3. The predicted octanol–water partition coefficient (Wildman–Crippen LogP) is 5.04. The van der Waals surface area contributed by atoms with Crippen LogP contribution in [-0.4, -0.2) is 22.1 Å². The Balaban J connectivity index is 1.62. The molecule has 0 N–H and O–H groups in total. The molecule has 0 spiro atoms. The van der Waals surface area contributed by atoms with Crippen molar-refractivity contribution < 1.29 is 9.59 Å². The minimum absolute atomic E-state index is 0.00350. The van der Waals surface area contributed by atoms with E-state index >= 15 is 0 Å². The van der Waals surface area contributed by atoms with Crippen LogP contribution in [0, 0.1) is 0 Å². The molecular formula is C18H24O2S2. The molecule has 0 aromatic heterocycles. The van der Waals surface area contributed by atoms with E-state index in [0.29, 0.717) is 20.3 Å². The number of hydrogen-bond donors (Lipinski definition) is 0. The standard InChI is InChI=1S/C18H24O2S2/c19-13-11-16(21-14-7-3-1-4-8-14)18(20)17(12-13)22-15-9-5-2-6-10-15/h11-12,14-15H,1-10H2. The number of carbonyl (C=O) groups excluding carboxylic acids is 2. The zero-order chi connectivity index (χ0) is 15.4. The van der Waals surface area contributed by atoms with Crippen LogP contribution in [0.4, 0.5) is 0 Å². The van der Waals surface area contributed by atoms with Crippen molar-refractivity contribution in [1.82, 2.24) is 0 Å². The third kappa shape index (κ3) is 4.29. The number of allylic oxidation sites excluding steroid dienone is 4. The van der Waals surface area contributed by atoms with E-state index in [1.807, 2.05) is 0 Å². The normalized spacial score (nSPS) is 25.1. The fraction of sp³-hybridized carbons (Fsp3) is 0.667. The Hall–Kier alpha value is -0.480. The second-order valence-electron chi connectivity index (χ2n) is 6.50. The highest BCUT2D eigenvalue weighted by atomic mass is 32.2. The van der Waals surface area contributed by atoms with Crippen LogP contribution < -0.4 is 0 Å². The monoisotopic (exact) mass is 336 g/mol. The van der Waals surface area contributed by atoms with Gasteiger partial charge in [-0.2, -0.15) is 0 Å². The number of ketones is 2. The van der Waals surface area contributed by atoms with Gasteiger partial charge in [-0.3, -0.25) is 9.59 Å². The van der Waals surface area contributed by atoms with Gasteiger partial charge < -0.3 is 0 Å². The molecule has 3 rings (SSSR count). The first kappa shape index (κ1) is 16.4. The molecule has 0 bridgehead atoms. The summed E-state index contributed by atoms with van der Waals surface area (Å²) >= 11 is 3.31. The third-order valence-corrected chi connectivity index (χ3v) is 7.41. The Labute approximate surface area is 141 Å². The van der Waals surface area contributed by atoms with Gasteiger partial charge in [-0.05, 0) is 25.7 Å². The van der Waals surface area contributed by atoms with Crippen molar-refractivity contribution in [2.24, 2.45) is 0 Å². The molecule has 0 aromatic rings. The highest BCUT2D eigenvalue weighted by molar-refractivity contribution is 8.06. The number of carbonyl (C=O) groups is 2. The van der Waals surface area contributed by atoms with Crippen molar-refractivity contribution >= 4 is 35.1 Å². The van der Waals surface area contributed by atoms with Crippen LogP contribution in [0.5, 0.6) is 0 Å². The molecule has 0 saturated heterocycles. The summed E-state index contributed by atoms with van der Waals surface area (Å²) < 4.78 is 0. The number of rotatable bonds is 4. The molecule has 22 heavy (non-hydrogen) atoms. The molecular weight excluding hydrogens is 312 g/mol. The summed E-state index contributed by atoms with van der Waals surface area (Å²) in [4.78, 5) is 26.1. The topological polar surface area (TPSA) is 34.1 Å². The van der Waals surface area contributed by atoms with Crippen molar-refractivity contribution in [2.45, 2.75) is 74.7 Å². The van der Waals surface area contributed by atoms with E-state index in [0.717, 1.165) is 0 Å². The summed E-state index contributed by atoms with van der Waals surface area (Å²) in [5.74, 6) is 0.0990. The second kappa shape index (κ2) is 7.87. The summed E-state index contributed by atoms with van der Waals surface area (Å²) in [7, 11) is 0. The maximum atomic E-state index is 12.7. The Morgan fingerprint density at radius 3 is 1.50 bits per heavy atom. The van der Waals surface area contributed by atoms with Gasteiger partial charge in [0.05, 0.1) is 9.81 Å². The highest BCUT2D eigenvalue weighted by Gasteiger charge is 2.28. The zero-order valence-corrected chi connectivity index (χ0v) is 14.6. The van der Waals surface area contributed by atoms with Gasteiger partial charge in [0.25, 0.3) is 0 Å². The molecule has 0 radical (unpaired) electrons. The maximum Gasteiger partial charge on any atom is 0.205 e. The summed E-state index contributed by atoms with van der Waals surface area (Å²) in [6, 6.07) is 0. The molecule has 2 saturated carbocycles. The summed E-state index contributed by atoms with van der Waals surface area (Å²) in [5.41, 5.74) is 0. The molecule has 0 aromatic carbocycles. The average molecular weight is 337 g/mol. The molecule has 0 heterocycles. The first-order valence-electron chi connectivity index (χ1n) is 8.58. The van der Waals surface area contributed by atoms with E-state index in [1.54, 1.807) is 35.7 Å². The van der Waals surface area contributed by atoms with Gasteiger partial charge in [0.15, 0.2) is 5.78 Å². The van der Waals surface area contributed by atoms with Gasteiger partial charge in [-0.25, -0.2) is 0 Å². The van der Waals surface area contributed by atoms with Crippen LogP contribution in [0.15, 0.2) is 22.0 Å². The minimum Gasteiger partial charge on any atom is -0.290 e. The molecule has 0 aliphatic heterocycles. The van der Waals surface area contributed by atoms with E-state index < -0.39 is 0 Å². The number of thioether (sulfide) groups is 2. The minimum atomic E-state index is -0.00350. The lowest BCUT2D eigenvalue weighted by molar-refractivity contribution is -0.114. The van der Waals surface area contributed by atoms with E-state index in [2.05, 4.69) is 0 Å². The van der Waals surface area contributed by atoms with E-state index in [1.165, 1.54) is 64.2 Å². The Morgan fingerprint density at radius 2 is 1.09 bits per heavy atom. The predicted molar refractivity (Wildman–Crippen MR) is 95.1 cm³/mol. The fourth-order valence-electron chi connectivity index (χ4n) is 3.45. The molecule has 2 nitrogen and oxygen atoms in total. The molecule has 4 heteroatoms. The third-order valence-electron chi connectivity index (χ3n) is 4.69. The van der Waals surface area contributed by atoms with Crippen LogP contribution in [0.2, 0.25) is 0 Å². The Bertz CT molecular complexity index is 453. The maximum absolute atomic E-state index is 12.7. The Kier molecular flexibility index (Phi) is 5.86. The highest BCUT2D eigenvalue weighted by Crippen LogP contribution is 2.40. The van der Waals surface area contributed by atoms with Gasteiger partial charge in [0.1, 0.15) is 0 Å². The molecule has 0 atom stereocenters. The van der Waals surface area contributed by atoms with Crippen LogP contribution >= 0.6 is 23.5 Å². The largest absolute Gasteiger partial charge is 0.290 e. The van der Waals surface area contributed by atoms with Crippen molar-refractivity contribution in [1.29, 1.82) is 0 Å². The summed E-state index contributed by atoms with van der Waals surface area (Å²) in [5, 5.41) is 1.05. The zero-order valence-electron chi connectivity index (χ0n) is 13.0. The van der Waals surface area contributed by atoms with Gasteiger partial charge in [0.2, 0.25) is 5.78 Å². The summed E-state index contributed by atoms with van der Waals surface area (Å²) in [6.45, 7) is 0. The van der Waals surface area contributed by atoms with Crippen molar-refractivity contribution in [3.05, 3.63) is 22.0 Å². The van der Waals surface area contributed by atoms with Crippen molar-refractivity contribution in [2.75, 3.05) is 0 Å². The lowest BCUT2D eigenvalue weighted by atomic mass is 10.0.